The Morgan fingerprint density at radius 3 is 2.52 bits per heavy atom. The van der Waals surface area contributed by atoms with Crippen LogP contribution in [-0.2, 0) is 13.1 Å². The number of nitrogens with one attached hydrogen (secondary N) is 3. The molecule has 0 aliphatic heterocycles. The third-order valence-electron chi connectivity index (χ3n) is 3.23. The van der Waals surface area contributed by atoms with Gasteiger partial charge in [0.1, 0.15) is 0 Å². The van der Waals surface area contributed by atoms with Crippen molar-refractivity contribution in [3.8, 4) is 0 Å². The van der Waals surface area contributed by atoms with Gasteiger partial charge in [0.05, 0.1) is 6.54 Å². The summed E-state index contributed by atoms with van der Waals surface area (Å²) in [7, 11) is 1.59. The number of nitrogens with zero attached hydrogens (tertiary/aromatic N) is 1. The summed E-state index contributed by atoms with van der Waals surface area (Å²) in [5.41, 5.74) is 3.07. The van der Waals surface area contributed by atoms with Crippen molar-refractivity contribution in [2.24, 2.45) is 0 Å². The number of amides is 2. The molecule has 2 aromatic rings. The molecule has 0 aliphatic carbocycles. The van der Waals surface area contributed by atoms with Crippen LogP contribution in [0.1, 0.15) is 19.0 Å². The summed E-state index contributed by atoms with van der Waals surface area (Å²) < 4.78 is 2.26. The molecule has 0 spiro atoms. The minimum atomic E-state index is -0.215. The Bertz CT molecular complexity index is 574. The van der Waals surface area contributed by atoms with Crippen molar-refractivity contribution in [3.63, 3.8) is 0 Å². The molecule has 21 heavy (non-hydrogen) atoms. The third kappa shape index (κ3) is 4.27. The summed E-state index contributed by atoms with van der Waals surface area (Å²) in [5, 5.41) is 8.65. The fourth-order valence-corrected chi connectivity index (χ4v) is 2.13. The first-order chi connectivity index (χ1) is 10.2. The fourth-order valence-electron chi connectivity index (χ4n) is 2.13. The average molecular weight is 286 g/mol. The maximum absolute atomic E-state index is 11.2. The molecule has 1 heterocycles. The first kappa shape index (κ1) is 15.0. The number of aromatic nitrogens is 1. The van der Waals surface area contributed by atoms with E-state index in [0.29, 0.717) is 0 Å². The van der Waals surface area contributed by atoms with Crippen LogP contribution in [0.2, 0.25) is 0 Å². The SMILES string of the molecule is CCCn1cccc1CNc1ccc(NC(=O)NC)cc1. The molecule has 2 rings (SSSR count). The largest absolute Gasteiger partial charge is 0.379 e. The molecule has 0 saturated heterocycles. The van der Waals surface area contributed by atoms with E-state index in [1.54, 1.807) is 7.05 Å². The van der Waals surface area contributed by atoms with E-state index in [2.05, 4.69) is 45.8 Å². The van der Waals surface area contributed by atoms with Gasteiger partial charge in [-0.25, -0.2) is 4.79 Å². The lowest BCUT2D eigenvalue weighted by Gasteiger charge is -2.11. The zero-order valence-corrected chi connectivity index (χ0v) is 12.5. The second kappa shape index (κ2) is 7.38. The van der Waals surface area contributed by atoms with E-state index >= 15 is 0 Å². The number of carbonyl (C=O) groups excluding carboxylic acids is 1. The van der Waals surface area contributed by atoms with Crippen LogP contribution in [0.5, 0.6) is 0 Å². The van der Waals surface area contributed by atoms with E-state index < -0.39 is 0 Å². The Labute approximate surface area is 125 Å². The van der Waals surface area contributed by atoms with Crippen molar-refractivity contribution in [2.45, 2.75) is 26.4 Å². The Balaban J connectivity index is 1.91. The van der Waals surface area contributed by atoms with Gasteiger partial charge in [0, 0.05) is 36.9 Å². The van der Waals surface area contributed by atoms with E-state index in [-0.39, 0.29) is 6.03 Å². The van der Waals surface area contributed by atoms with Crippen LogP contribution in [0.25, 0.3) is 0 Å². The molecule has 5 heteroatoms. The minimum absolute atomic E-state index is 0.215. The highest BCUT2D eigenvalue weighted by molar-refractivity contribution is 5.89. The maximum atomic E-state index is 11.2. The predicted molar refractivity (Wildman–Crippen MR) is 86.6 cm³/mol. The van der Waals surface area contributed by atoms with E-state index in [4.69, 9.17) is 0 Å². The lowest BCUT2D eigenvalue weighted by molar-refractivity contribution is 0.254. The first-order valence-electron chi connectivity index (χ1n) is 7.19. The standard InChI is InChI=1S/C16H22N4O/c1-3-10-20-11-4-5-15(20)12-18-13-6-8-14(9-7-13)19-16(21)17-2/h4-9,11,18H,3,10,12H2,1-2H3,(H2,17,19,21). The monoisotopic (exact) mass is 286 g/mol. The number of hydrogen-bond donors (Lipinski definition) is 3. The number of urea groups is 1. The number of carbonyl (C=O) groups is 1. The number of anilines is 2. The van der Waals surface area contributed by atoms with Gasteiger partial charge in [0.2, 0.25) is 0 Å². The fraction of sp³-hybridized carbons (Fsp3) is 0.312. The molecule has 0 atom stereocenters. The summed E-state index contributed by atoms with van der Waals surface area (Å²) in [6.45, 7) is 4.00. The second-order valence-electron chi connectivity index (χ2n) is 4.83. The number of hydrogen-bond acceptors (Lipinski definition) is 2. The summed E-state index contributed by atoms with van der Waals surface area (Å²) in [4.78, 5) is 11.2. The van der Waals surface area contributed by atoms with Crippen LogP contribution in [0.15, 0.2) is 42.6 Å². The quantitative estimate of drug-likeness (QED) is 0.763. The maximum Gasteiger partial charge on any atom is 0.318 e. The van der Waals surface area contributed by atoms with Gasteiger partial charge in [0.25, 0.3) is 0 Å². The summed E-state index contributed by atoms with van der Waals surface area (Å²) >= 11 is 0. The van der Waals surface area contributed by atoms with Crippen LogP contribution in [0.3, 0.4) is 0 Å². The average Bonchev–Trinajstić information content (AvgIpc) is 2.94. The number of rotatable bonds is 6. The van der Waals surface area contributed by atoms with E-state index in [0.717, 1.165) is 30.9 Å². The topological polar surface area (TPSA) is 58.1 Å². The Morgan fingerprint density at radius 1 is 1.14 bits per heavy atom. The van der Waals surface area contributed by atoms with E-state index in [9.17, 15) is 4.79 Å². The Hall–Kier alpha value is -2.43. The van der Waals surface area contributed by atoms with Gasteiger partial charge in [-0.05, 0) is 42.8 Å². The summed E-state index contributed by atoms with van der Waals surface area (Å²) in [6.07, 6.45) is 3.23. The molecule has 1 aromatic heterocycles. The van der Waals surface area contributed by atoms with Crippen molar-refractivity contribution >= 4 is 17.4 Å². The third-order valence-corrected chi connectivity index (χ3v) is 3.23. The molecule has 2 amide bonds. The zero-order valence-electron chi connectivity index (χ0n) is 12.5. The van der Waals surface area contributed by atoms with Crippen LogP contribution in [0.4, 0.5) is 16.2 Å². The van der Waals surface area contributed by atoms with Crippen molar-refractivity contribution in [3.05, 3.63) is 48.3 Å². The lowest BCUT2D eigenvalue weighted by Crippen LogP contribution is -2.24. The molecular weight excluding hydrogens is 264 g/mol. The summed E-state index contributed by atoms with van der Waals surface area (Å²) in [5.74, 6) is 0. The van der Waals surface area contributed by atoms with Gasteiger partial charge in [-0.1, -0.05) is 6.92 Å². The van der Waals surface area contributed by atoms with Gasteiger partial charge in [-0.3, -0.25) is 0 Å². The summed E-state index contributed by atoms with van der Waals surface area (Å²) in [6, 6.07) is 11.7. The molecular formula is C16H22N4O. The molecule has 5 nitrogen and oxygen atoms in total. The van der Waals surface area contributed by atoms with Crippen molar-refractivity contribution in [1.82, 2.24) is 9.88 Å². The Kier molecular flexibility index (Phi) is 5.26. The normalized spacial score (nSPS) is 10.2. The molecule has 3 N–H and O–H groups in total. The Morgan fingerprint density at radius 2 is 1.86 bits per heavy atom. The highest BCUT2D eigenvalue weighted by Gasteiger charge is 2.01. The number of benzene rings is 1. The van der Waals surface area contributed by atoms with Crippen molar-refractivity contribution in [1.29, 1.82) is 0 Å². The van der Waals surface area contributed by atoms with Gasteiger partial charge in [-0.2, -0.15) is 0 Å². The molecule has 0 bridgehead atoms. The minimum Gasteiger partial charge on any atom is -0.379 e. The van der Waals surface area contributed by atoms with Crippen molar-refractivity contribution in [2.75, 3.05) is 17.7 Å². The van der Waals surface area contributed by atoms with Gasteiger partial charge < -0.3 is 20.5 Å². The molecule has 112 valence electrons. The zero-order chi connectivity index (χ0) is 15.1. The van der Waals surface area contributed by atoms with Crippen molar-refractivity contribution < 1.29 is 4.79 Å². The van der Waals surface area contributed by atoms with Crippen LogP contribution in [-0.4, -0.2) is 17.6 Å². The van der Waals surface area contributed by atoms with Gasteiger partial charge >= 0.3 is 6.03 Å². The van der Waals surface area contributed by atoms with Crippen LogP contribution in [0, 0.1) is 0 Å². The van der Waals surface area contributed by atoms with Crippen LogP contribution >= 0.6 is 0 Å². The lowest BCUT2D eigenvalue weighted by atomic mass is 10.2. The highest BCUT2D eigenvalue weighted by atomic mass is 16.2. The molecule has 0 radical (unpaired) electrons. The molecule has 0 unspecified atom stereocenters. The van der Waals surface area contributed by atoms with E-state index in [1.165, 1.54) is 5.69 Å². The molecule has 0 aliphatic rings. The van der Waals surface area contributed by atoms with Crippen LogP contribution < -0.4 is 16.0 Å². The van der Waals surface area contributed by atoms with Gasteiger partial charge in [-0.15, -0.1) is 0 Å². The number of aryl methyl sites for hydroxylation is 1. The highest BCUT2D eigenvalue weighted by Crippen LogP contribution is 2.15. The molecule has 0 fully saturated rings. The molecule has 1 aromatic carbocycles. The predicted octanol–water partition coefficient (Wildman–Crippen LogP) is 3.26. The smallest absolute Gasteiger partial charge is 0.318 e. The first-order valence-corrected chi connectivity index (χ1v) is 7.19. The van der Waals surface area contributed by atoms with Gasteiger partial charge in [0.15, 0.2) is 0 Å². The molecule has 0 saturated carbocycles. The second-order valence-corrected chi connectivity index (χ2v) is 4.83. The van der Waals surface area contributed by atoms with E-state index in [1.807, 2.05) is 24.3 Å².